The SMILES string of the molecule is Cc1cc(CO)cnc1N1CC(C)OC(C)(C)C1. The first-order chi connectivity index (χ1) is 8.41. The van der Waals surface area contributed by atoms with Crippen LogP contribution < -0.4 is 4.90 Å². The molecule has 4 heteroatoms. The van der Waals surface area contributed by atoms with Crippen LogP contribution in [0.4, 0.5) is 5.82 Å². The largest absolute Gasteiger partial charge is 0.392 e. The van der Waals surface area contributed by atoms with E-state index in [1.165, 1.54) is 0 Å². The Balaban J connectivity index is 2.25. The molecular weight excluding hydrogens is 228 g/mol. The van der Waals surface area contributed by atoms with Gasteiger partial charge in [0.25, 0.3) is 0 Å². The second-order valence-electron chi connectivity index (χ2n) is 5.71. The molecule has 2 rings (SSSR count). The van der Waals surface area contributed by atoms with Crippen molar-refractivity contribution in [1.82, 2.24) is 4.98 Å². The first-order valence-electron chi connectivity index (χ1n) is 6.40. The fourth-order valence-electron chi connectivity index (χ4n) is 2.66. The Morgan fingerprint density at radius 3 is 2.83 bits per heavy atom. The number of morpholine rings is 1. The number of aromatic nitrogens is 1. The lowest BCUT2D eigenvalue weighted by Crippen LogP contribution is -2.52. The van der Waals surface area contributed by atoms with Crippen LogP contribution in [-0.2, 0) is 11.3 Å². The summed E-state index contributed by atoms with van der Waals surface area (Å²) in [5, 5.41) is 9.11. The normalized spacial score (nSPS) is 23.2. The number of rotatable bonds is 2. The van der Waals surface area contributed by atoms with Crippen LogP contribution in [0.5, 0.6) is 0 Å². The van der Waals surface area contributed by atoms with Crippen LogP contribution in [0.25, 0.3) is 0 Å². The van der Waals surface area contributed by atoms with E-state index >= 15 is 0 Å². The summed E-state index contributed by atoms with van der Waals surface area (Å²) in [7, 11) is 0. The molecule has 1 aromatic heterocycles. The third-order valence-electron chi connectivity index (χ3n) is 3.16. The molecule has 4 nitrogen and oxygen atoms in total. The summed E-state index contributed by atoms with van der Waals surface area (Å²) in [6.07, 6.45) is 1.95. The van der Waals surface area contributed by atoms with Gasteiger partial charge < -0.3 is 14.7 Å². The smallest absolute Gasteiger partial charge is 0.131 e. The van der Waals surface area contributed by atoms with Crippen LogP contribution in [-0.4, -0.2) is 34.9 Å². The molecule has 2 heterocycles. The Labute approximate surface area is 109 Å². The van der Waals surface area contributed by atoms with Crippen molar-refractivity contribution in [2.24, 2.45) is 0 Å². The van der Waals surface area contributed by atoms with Crippen molar-refractivity contribution in [3.8, 4) is 0 Å². The van der Waals surface area contributed by atoms with Crippen molar-refractivity contribution in [1.29, 1.82) is 0 Å². The minimum Gasteiger partial charge on any atom is -0.392 e. The number of pyridine rings is 1. The first kappa shape index (κ1) is 13.3. The third kappa shape index (κ3) is 2.82. The van der Waals surface area contributed by atoms with Gasteiger partial charge in [0.1, 0.15) is 5.82 Å². The quantitative estimate of drug-likeness (QED) is 0.870. The molecule has 0 spiro atoms. The van der Waals surface area contributed by atoms with E-state index in [1.54, 1.807) is 6.20 Å². The number of anilines is 1. The van der Waals surface area contributed by atoms with Crippen LogP contribution in [0.15, 0.2) is 12.3 Å². The van der Waals surface area contributed by atoms with Gasteiger partial charge in [-0.3, -0.25) is 0 Å². The molecule has 1 saturated heterocycles. The van der Waals surface area contributed by atoms with E-state index in [0.717, 1.165) is 30.0 Å². The van der Waals surface area contributed by atoms with Gasteiger partial charge in [-0.2, -0.15) is 0 Å². The zero-order valence-electron chi connectivity index (χ0n) is 11.6. The predicted octanol–water partition coefficient (Wildman–Crippen LogP) is 1.89. The lowest BCUT2D eigenvalue weighted by Gasteiger charge is -2.42. The van der Waals surface area contributed by atoms with Gasteiger partial charge in [0, 0.05) is 19.3 Å². The highest BCUT2D eigenvalue weighted by Crippen LogP contribution is 2.27. The van der Waals surface area contributed by atoms with E-state index in [1.807, 2.05) is 13.0 Å². The maximum Gasteiger partial charge on any atom is 0.131 e. The van der Waals surface area contributed by atoms with Crippen LogP contribution in [0.1, 0.15) is 31.9 Å². The van der Waals surface area contributed by atoms with Gasteiger partial charge in [0.2, 0.25) is 0 Å². The molecule has 0 amide bonds. The van der Waals surface area contributed by atoms with Gasteiger partial charge >= 0.3 is 0 Å². The average molecular weight is 250 g/mol. The van der Waals surface area contributed by atoms with E-state index in [2.05, 4.69) is 30.7 Å². The molecule has 1 fully saturated rings. The van der Waals surface area contributed by atoms with Gasteiger partial charge in [0.05, 0.1) is 18.3 Å². The van der Waals surface area contributed by atoms with Crippen molar-refractivity contribution < 1.29 is 9.84 Å². The Morgan fingerprint density at radius 1 is 1.56 bits per heavy atom. The van der Waals surface area contributed by atoms with Gasteiger partial charge in [-0.1, -0.05) is 0 Å². The number of hydrogen-bond donors (Lipinski definition) is 1. The number of aliphatic hydroxyl groups is 1. The second kappa shape index (κ2) is 4.86. The highest BCUT2D eigenvalue weighted by Gasteiger charge is 2.32. The van der Waals surface area contributed by atoms with Gasteiger partial charge in [-0.25, -0.2) is 4.98 Å². The maximum atomic E-state index is 9.11. The maximum absolute atomic E-state index is 9.11. The lowest BCUT2D eigenvalue weighted by molar-refractivity contribution is -0.0752. The van der Waals surface area contributed by atoms with Gasteiger partial charge in [0.15, 0.2) is 0 Å². The second-order valence-corrected chi connectivity index (χ2v) is 5.71. The monoisotopic (exact) mass is 250 g/mol. The first-order valence-corrected chi connectivity index (χ1v) is 6.40. The zero-order chi connectivity index (χ0) is 13.3. The number of hydrogen-bond acceptors (Lipinski definition) is 4. The molecule has 1 N–H and O–H groups in total. The minimum absolute atomic E-state index is 0.0408. The van der Waals surface area contributed by atoms with E-state index in [9.17, 15) is 0 Å². The van der Waals surface area contributed by atoms with E-state index < -0.39 is 0 Å². The van der Waals surface area contributed by atoms with Crippen LogP contribution in [0.3, 0.4) is 0 Å². The van der Waals surface area contributed by atoms with Crippen LogP contribution in [0.2, 0.25) is 0 Å². The summed E-state index contributed by atoms with van der Waals surface area (Å²) in [6, 6.07) is 2.00. The van der Waals surface area contributed by atoms with Crippen molar-refractivity contribution in [2.75, 3.05) is 18.0 Å². The molecule has 18 heavy (non-hydrogen) atoms. The fourth-order valence-corrected chi connectivity index (χ4v) is 2.66. The molecule has 1 atom stereocenters. The van der Waals surface area contributed by atoms with Gasteiger partial charge in [-0.05, 0) is 44.9 Å². The molecule has 0 saturated carbocycles. The van der Waals surface area contributed by atoms with Crippen LogP contribution in [0, 0.1) is 6.92 Å². The Hall–Kier alpha value is -1.13. The summed E-state index contributed by atoms with van der Waals surface area (Å²) in [5.74, 6) is 0.996. The molecule has 1 unspecified atom stereocenters. The molecule has 1 aromatic rings. The van der Waals surface area contributed by atoms with Crippen LogP contribution >= 0.6 is 0 Å². The third-order valence-corrected chi connectivity index (χ3v) is 3.16. The van der Waals surface area contributed by atoms with E-state index in [4.69, 9.17) is 9.84 Å². The summed E-state index contributed by atoms with van der Waals surface area (Å²) >= 11 is 0. The molecule has 1 aliphatic rings. The molecule has 0 aromatic carbocycles. The highest BCUT2D eigenvalue weighted by atomic mass is 16.5. The summed E-state index contributed by atoms with van der Waals surface area (Å²) in [4.78, 5) is 6.75. The lowest BCUT2D eigenvalue weighted by atomic mass is 10.0. The van der Waals surface area contributed by atoms with Crippen molar-refractivity contribution in [3.63, 3.8) is 0 Å². The van der Waals surface area contributed by atoms with Gasteiger partial charge in [-0.15, -0.1) is 0 Å². The zero-order valence-corrected chi connectivity index (χ0v) is 11.6. The summed E-state index contributed by atoms with van der Waals surface area (Å²) < 4.78 is 5.90. The molecule has 0 aliphatic carbocycles. The van der Waals surface area contributed by atoms with Crippen molar-refractivity contribution in [2.45, 2.75) is 46.0 Å². The summed E-state index contributed by atoms with van der Waals surface area (Å²) in [6.45, 7) is 10.1. The van der Waals surface area contributed by atoms with Crippen molar-refractivity contribution >= 4 is 5.82 Å². The minimum atomic E-state index is -0.151. The van der Waals surface area contributed by atoms with E-state index in [-0.39, 0.29) is 18.3 Å². The Morgan fingerprint density at radius 2 is 2.28 bits per heavy atom. The molecule has 1 aliphatic heterocycles. The average Bonchev–Trinajstić information content (AvgIpc) is 2.25. The molecular formula is C14H22N2O2. The molecule has 0 radical (unpaired) electrons. The number of aliphatic hydroxyl groups excluding tert-OH is 1. The predicted molar refractivity (Wildman–Crippen MR) is 71.7 cm³/mol. The fraction of sp³-hybridized carbons (Fsp3) is 0.643. The Kier molecular flexibility index (Phi) is 3.59. The molecule has 100 valence electrons. The highest BCUT2D eigenvalue weighted by molar-refractivity contribution is 5.48. The Bertz CT molecular complexity index is 432. The standard InChI is InChI=1S/C14H22N2O2/c1-10-5-12(8-17)6-15-13(10)16-7-11(2)18-14(3,4)9-16/h5-6,11,17H,7-9H2,1-4H3. The topological polar surface area (TPSA) is 45.6 Å². The van der Waals surface area contributed by atoms with Crippen molar-refractivity contribution in [3.05, 3.63) is 23.4 Å². The number of ether oxygens (including phenoxy) is 1. The summed E-state index contributed by atoms with van der Waals surface area (Å²) in [5.41, 5.74) is 1.81. The number of nitrogens with zero attached hydrogens (tertiary/aromatic N) is 2. The van der Waals surface area contributed by atoms with E-state index in [0.29, 0.717) is 0 Å². The molecule has 0 bridgehead atoms. The number of aryl methyl sites for hydroxylation is 1.